The van der Waals surface area contributed by atoms with Gasteiger partial charge >= 0.3 is 5.97 Å². The second-order valence-corrected chi connectivity index (χ2v) is 7.21. The van der Waals surface area contributed by atoms with Crippen LogP contribution in [0.1, 0.15) is 42.4 Å². The van der Waals surface area contributed by atoms with Gasteiger partial charge in [-0.25, -0.2) is 9.78 Å². The highest BCUT2D eigenvalue weighted by molar-refractivity contribution is 6.00. The first kappa shape index (κ1) is 16.9. The van der Waals surface area contributed by atoms with Gasteiger partial charge in [0, 0.05) is 23.5 Å². The molecule has 0 fully saturated rings. The molecule has 0 atom stereocenters. The minimum absolute atomic E-state index is 0.0438. The van der Waals surface area contributed by atoms with Crippen molar-refractivity contribution < 1.29 is 9.90 Å². The third kappa shape index (κ3) is 3.05. The van der Waals surface area contributed by atoms with Crippen LogP contribution in [0.25, 0.3) is 22.2 Å². The lowest BCUT2D eigenvalue weighted by molar-refractivity contribution is 0.0693. The number of aromatic carboxylic acids is 1. The van der Waals surface area contributed by atoms with Gasteiger partial charge in [-0.1, -0.05) is 39.0 Å². The normalized spacial score (nSPS) is 11.7. The van der Waals surface area contributed by atoms with Gasteiger partial charge in [0.15, 0.2) is 11.1 Å². The van der Waals surface area contributed by atoms with E-state index in [4.69, 9.17) is 0 Å². The highest BCUT2D eigenvalue weighted by Gasteiger charge is 2.17. The molecule has 5 heteroatoms. The van der Waals surface area contributed by atoms with Gasteiger partial charge in [-0.15, -0.1) is 0 Å². The summed E-state index contributed by atoms with van der Waals surface area (Å²) >= 11 is 0. The van der Waals surface area contributed by atoms with Crippen LogP contribution in [0.2, 0.25) is 0 Å². The van der Waals surface area contributed by atoms with Crippen molar-refractivity contribution in [2.45, 2.75) is 33.1 Å². The quantitative estimate of drug-likeness (QED) is 0.743. The van der Waals surface area contributed by atoms with Crippen molar-refractivity contribution >= 4 is 16.9 Å². The van der Waals surface area contributed by atoms with E-state index in [1.54, 1.807) is 6.07 Å². The average molecular weight is 336 g/mol. The summed E-state index contributed by atoms with van der Waals surface area (Å²) in [4.78, 5) is 30.8. The molecule has 1 aromatic carbocycles. The summed E-state index contributed by atoms with van der Waals surface area (Å²) in [7, 11) is 0. The largest absolute Gasteiger partial charge is 0.476 e. The van der Waals surface area contributed by atoms with Crippen LogP contribution in [0.3, 0.4) is 0 Å². The van der Waals surface area contributed by atoms with Crippen LogP contribution in [-0.4, -0.2) is 21.0 Å². The predicted octanol–water partition coefficient (Wildman–Crippen LogP) is 3.89. The van der Waals surface area contributed by atoms with E-state index in [9.17, 15) is 14.7 Å². The molecule has 25 heavy (non-hydrogen) atoms. The maximum Gasteiger partial charge on any atom is 0.355 e. The van der Waals surface area contributed by atoms with E-state index < -0.39 is 5.97 Å². The standard InChI is InChI=1S/C20H20N2O3/c1-11-9-12(20(2,3)4)5-6-13(11)15-10-16(23)17-14(22-15)7-8-21-18(17)19(24)25/h5-10H,1-4H3,(H,22,23)(H,24,25). The summed E-state index contributed by atoms with van der Waals surface area (Å²) < 4.78 is 0. The van der Waals surface area contributed by atoms with Crippen molar-refractivity contribution in [3.05, 3.63) is 63.6 Å². The number of nitrogens with one attached hydrogen (secondary N) is 1. The summed E-state index contributed by atoms with van der Waals surface area (Å²) in [6, 6.07) is 9.22. The fourth-order valence-corrected chi connectivity index (χ4v) is 2.94. The summed E-state index contributed by atoms with van der Waals surface area (Å²) in [5.74, 6) is -1.21. The number of aromatic amines is 1. The summed E-state index contributed by atoms with van der Waals surface area (Å²) in [6.07, 6.45) is 1.39. The van der Waals surface area contributed by atoms with Gasteiger partial charge in [0.2, 0.25) is 0 Å². The van der Waals surface area contributed by atoms with Crippen molar-refractivity contribution in [1.82, 2.24) is 9.97 Å². The molecule has 0 bridgehead atoms. The first-order valence-corrected chi connectivity index (χ1v) is 8.05. The predicted molar refractivity (Wildman–Crippen MR) is 98.2 cm³/mol. The fraction of sp³-hybridized carbons (Fsp3) is 0.250. The van der Waals surface area contributed by atoms with E-state index in [-0.39, 0.29) is 21.9 Å². The van der Waals surface area contributed by atoms with E-state index in [0.29, 0.717) is 11.2 Å². The number of pyridine rings is 2. The van der Waals surface area contributed by atoms with E-state index in [0.717, 1.165) is 11.1 Å². The van der Waals surface area contributed by atoms with Crippen LogP contribution in [0.4, 0.5) is 0 Å². The Hall–Kier alpha value is -2.95. The number of aromatic nitrogens is 2. The molecule has 5 nitrogen and oxygen atoms in total. The summed E-state index contributed by atoms with van der Waals surface area (Å²) in [5.41, 5.74) is 3.78. The van der Waals surface area contributed by atoms with E-state index in [1.807, 2.05) is 13.0 Å². The highest BCUT2D eigenvalue weighted by Crippen LogP contribution is 2.29. The zero-order valence-electron chi connectivity index (χ0n) is 14.7. The Morgan fingerprint density at radius 1 is 1.16 bits per heavy atom. The highest BCUT2D eigenvalue weighted by atomic mass is 16.4. The molecule has 0 aliphatic carbocycles. The Balaban J connectivity index is 2.21. The SMILES string of the molecule is Cc1cc(C(C)(C)C)ccc1-c1cc(=O)c2c(C(=O)O)nccc2[nH]1. The second-order valence-electron chi connectivity index (χ2n) is 7.21. The van der Waals surface area contributed by atoms with E-state index in [2.05, 4.69) is 42.9 Å². The van der Waals surface area contributed by atoms with Crippen molar-refractivity contribution in [2.75, 3.05) is 0 Å². The minimum Gasteiger partial charge on any atom is -0.476 e. The third-order valence-electron chi connectivity index (χ3n) is 4.33. The number of carboxylic acids is 1. The number of carboxylic acid groups (broad SMARTS) is 1. The molecule has 3 rings (SSSR count). The Morgan fingerprint density at radius 2 is 1.88 bits per heavy atom. The molecule has 0 aliphatic heterocycles. The minimum atomic E-state index is -1.21. The van der Waals surface area contributed by atoms with Gasteiger partial charge in [0.1, 0.15) is 0 Å². The van der Waals surface area contributed by atoms with Crippen molar-refractivity contribution in [2.24, 2.45) is 0 Å². The van der Waals surface area contributed by atoms with Crippen LogP contribution < -0.4 is 5.43 Å². The van der Waals surface area contributed by atoms with Crippen molar-refractivity contribution in [1.29, 1.82) is 0 Å². The second kappa shape index (κ2) is 5.84. The van der Waals surface area contributed by atoms with Crippen LogP contribution >= 0.6 is 0 Å². The lowest BCUT2D eigenvalue weighted by atomic mass is 9.85. The lowest BCUT2D eigenvalue weighted by Crippen LogP contribution is -2.12. The van der Waals surface area contributed by atoms with Gasteiger partial charge in [-0.2, -0.15) is 0 Å². The monoisotopic (exact) mass is 336 g/mol. The molecule has 3 aromatic rings. The Labute approximate surface area is 145 Å². The van der Waals surface area contributed by atoms with Crippen molar-refractivity contribution in [3.8, 4) is 11.3 Å². The fourth-order valence-electron chi connectivity index (χ4n) is 2.94. The molecule has 2 heterocycles. The molecule has 2 N–H and O–H groups in total. The smallest absolute Gasteiger partial charge is 0.355 e. The average Bonchev–Trinajstić information content (AvgIpc) is 2.53. The zero-order valence-corrected chi connectivity index (χ0v) is 14.7. The first-order chi connectivity index (χ1) is 11.7. The molecule has 2 aromatic heterocycles. The molecule has 0 amide bonds. The number of benzene rings is 1. The molecule has 0 radical (unpaired) electrons. The topological polar surface area (TPSA) is 83.1 Å². The number of fused-ring (bicyclic) bond motifs is 1. The maximum atomic E-state index is 12.5. The maximum absolute atomic E-state index is 12.5. The van der Waals surface area contributed by atoms with Crippen LogP contribution in [0.5, 0.6) is 0 Å². The molecule has 128 valence electrons. The van der Waals surface area contributed by atoms with Gasteiger partial charge < -0.3 is 10.1 Å². The van der Waals surface area contributed by atoms with Gasteiger partial charge in [-0.3, -0.25) is 4.79 Å². The molecular weight excluding hydrogens is 316 g/mol. The Kier molecular flexibility index (Phi) is 3.95. The van der Waals surface area contributed by atoms with Gasteiger partial charge in [-0.05, 0) is 29.5 Å². The first-order valence-electron chi connectivity index (χ1n) is 8.05. The zero-order chi connectivity index (χ0) is 18.4. The molecule has 0 saturated heterocycles. The number of hydrogen-bond acceptors (Lipinski definition) is 3. The number of rotatable bonds is 2. The van der Waals surface area contributed by atoms with E-state index in [1.165, 1.54) is 17.8 Å². The number of carbonyl (C=O) groups is 1. The van der Waals surface area contributed by atoms with Gasteiger partial charge in [0.05, 0.1) is 10.9 Å². The van der Waals surface area contributed by atoms with Crippen LogP contribution in [-0.2, 0) is 5.41 Å². The van der Waals surface area contributed by atoms with Crippen molar-refractivity contribution in [3.63, 3.8) is 0 Å². The lowest BCUT2D eigenvalue weighted by Gasteiger charge is -2.20. The molecule has 0 saturated carbocycles. The Bertz CT molecular complexity index is 1040. The number of hydrogen-bond donors (Lipinski definition) is 2. The molecular formula is C20H20N2O3. The number of H-pyrrole nitrogens is 1. The van der Waals surface area contributed by atoms with Crippen LogP contribution in [0, 0.1) is 6.92 Å². The Morgan fingerprint density at radius 3 is 2.48 bits per heavy atom. The number of aryl methyl sites for hydroxylation is 1. The van der Waals surface area contributed by atoms with Crippen LogP contribution in [0.15, 0.2) is 41.3 Å². The molecule has 0 spiro atoms. The molecule has 0 aliphatic rings. The molecule has 0 unspecified atom stereocenters. The summed E-state index contributed by atoms with van der Waals surface area (Å²) in [5, 5.41) is 9.33. The summed E-state index contributed by atoms with van der Waals surface area (Å²) in [6.45, 7) is 8.46. The third-order valence-corrected chi connectivity index (χ3v) is 4.33. The van der Waals surface area contributed by atoms with Gasteiger partial charge in [0.25, 0.3) is 0 Å². The number of nitrogens with zero attached hydrogens (tertiary/aromatic N) is 1. The van der Waals surface area contributed by atoms with E-state index >= 15 is 0 Å².